The molecule has 0 aromatic carbocycles. The van der Waals surface area contributed by atoms with E-state index in [1.165, 1.54) is 25.7 Å². The molecule has 1 aliphatic rings. The van der Waals surface area contributed by atoms with Crippen molar-refractivity contribution in [3.8, 4) is 0 Å². The molecule has 0 spiro atoms. The van der Waals surface area contributed by atoms with Crippen molar-refractivity contribution in [1.29, 1.82) is 0 Å². The minimum absolute atomic E-state index is 0.464. The molecule has 2 unspecified atom stereocenters. The van der Waals surface area contributed by atoms with Gasteiger partial charge in [-0.05, 0) is 38.8 Å². The van der Waals surface area contributed by atoms with E-state index in [1.54, 1.807) is 7.11 Å². The number of rotatable bonds is 6. The van der Waals surface area contributed by atoms with E-state index < -0.39 is 0 Å². The topological polar surface area (TPSA) is 38.5 Å². The van der Waals surface area contributed by atoms with Gasteiger partial charge in [0.25, 0.3) is 0 Å². The van der Waals surface area contributed by atoms with Crippen LogP contribution in [0.25, 0.3) is 0 Å². The SMILES string of the molecule is COCCN(C)CCC1CCCC1N. The molecule has 3 heteroatoms. The number of hydrogen-bond donors (Lipinski definition) is 1. The smallest absolute Gasteiger partial charge is 0.0589 e. The van der Waals surface area contributed by atoms with E-state index in [0.717, 1.165) is 25.6 Å². The van der Waals surface area contributed by atoms with Gasteiger partial charge in [-0.25, -0.2) is 0 Å². The average molecular weight is 200 g/mol. The van der Waals surface area contributed by atoms with E-state index in [9.17, 15) is 0 Å². The highest BCUT2D eigenvalue weighted by atomic mass is 16.5. The van der Waals surface area contributed by atoms with Crippen LogP contribution in [-0.4, -0.2) is 44.8 Å². The van der Waals surface area contributed by atoms with Crippen molar-refractivity contribution in [2.75, 3.05) is 33.9 Å². The first-order chi connectivity index (χ1) is 6.74. The Kier molecular flexibility index (Phi) is 5.45. The first kappa shape index (κ1) is 12.0. The van der Waals surface area contributed by atoms with Crippen LogP contribution in [0.1, 0.15) is 25.7 Å². The zero-order chi connectivity index (χ0) is 10.4. The van der Waals surface area contributed by atoms with Gasteiger partial charge < -0.3 is 15.4 Å². The van der Waals surface area contributed by atoms with Gasteiger partial charge in [0.15, 0.2) is 0 Å². The lowest BCUT2D eigenvalue weighted by Gasteiger charge is -2.20. The number of nitrogens with zero attached hydrogens (tertiary/aromatic N) is 1. The maximum atomic E-state index is 6.02. The molecule has 0 bridgehead atoms. The Bertz CT molecular complexity index is 152. The normalized spacial score (nSPS) is 27.4. The molecule has 3 nitrogen and oxygen atoms in total. The lowest BCUT2D eigenvalue weighted by Crippen LogP contribution is -2.30. The fourth-order valence-corrected chi connectivity index (χ4v) is 2.17. The van der Waals surface area contributed by atoms with Crippen molar-refractivity contribution in [3.05, 3.63) is 0 Å². The van der Waals surface area contributed by atoms with Gasteiger partial charge in [0, 0.05) is 19.7 Å². The highest BCUT2D eigenvalue weighted by Gasteiger charge is 2.23. The average Bonchev–Trinajstić information content (AvgIpc) is 2.58. The van der Waals surface area contributed by atoms with E-state index >= 15 is 0 Å². The Balaban J connectivity index is 2.07. The van der Waals surface area contributed by atoms with Crippen LogP contribution in [0.15, 0.2) is 0 Å². The summed E-state index contributed by atoms with van der Waals surface area (Å²) < 4.78 is 5.04. The maximum Gasteiger partial charge on any atom is 0.0589 e. The Morgan fingerprint density at radius 1 is 1.36 bits per heavy atom. The monoisotopic (exact) mass is 200 g/mol. The van der Waals surface area contributed by atoms with E-state index in [0.29, 0.717) is 6.04 Å². The molecule has 1 fully saturated rings. The molecule has 0 aromatic heterocycles. The molecule has 0 aromatic rings. The van der Waals surface area contributed by atoms with E-state index in [-0.39, 0.29) is 0 Å². The molecule has 84 valence electrons. The van der Waals surface area contributed by atoms with Crippen LogP contribution in [0, 0.1) is 5.92 Å². The summed E-state index contributed by atoms with van der Waals surface area (Å²) in [4.78, 5) is 2.33. The minimum atomic E-state index is 0.464. The predicted molar refractivity (Wildman–Crippen MR) is 59.3 cm³/mol. The van der Waals surface area contributed by atoms with Gasteiger partial charge in [-0.3, -0.25) is 0 Å². The fourth-order valence-electron chi connectivity index (χ4n) is 2.17. The second-order valence-corrected chi connectivity index (χ2v) is 4.44. The van der Waals surface area contributed by atoms with Gasteiger partial charge in [-0.2, -0.15) is 0 Å². The number of likely N-dealkylation sites (N-methyl/N-ethyl adjacent to an activating group) is 1. The van der Waals surface area contributed by atoms with Crippen LogP contribution in [0.3, 0.4) is 0 Å². The third kappa shape index (κ3) is 3.95. The Morgan fingerprint density at radius 3 is 2.71 bits per heavy atom. The zero-order valence-corrected chi connectivity index (χ0v) is 9.54. The van der Waals surface area contributed by atoms with Crippen LogP contribution in [0.5, 0.6) is 0 Å². The zero-order valence-electron chi connectivity index (χ0n) is 9.54. The van der Waals surface area contributed by atoms with Gasteiger partial charge in [-0.15, -0.1) is 0 Å². The van der Waals surface area contributed by atoms with Gasteiger partial charge in [0.2, 0.25) is 0 Å². The van der Waals surface area contributed by atoms with Gasteiger partial charge in [-0.1, -0.05) is 6.42 Å². The molecular weight excluding hydrogens is 176 g/mol. The largest absolute Gasteiger partial charge is 0.383 e. The van der Waals surface area contributed by atoms with Crippen molar-refractivity contribution >= 4 is 0 Å². The lowest BCUT2D eigenvalue weighted by atomic mass is 10.0. The third-order valence-corrected chi connectivity index (χ3v) is 3.28. The fraction of sp³-hybridized carbons (Fsp3) is 1.00. The van der Waals surface area contributed by atoms with Crippen molar-refractivity contribution in [2.24, 2.45) is 11.7 Å². The molecule has 1 rings (SSSR count). The molecule has 1 saturated carbocycles. The summed E-state index contributed by atoms with van der Waals surface area (Å²) in [6.07, 6.45) is 5.14. The summed E-state index contributed by atoms with van der Waals surface area (Å²) in [5.74, 6) is 0.764. The lowest BCUT2D eigenvalue weighted by molar-refractivity contribution is 0.157. The summed E-state index contributed by atoms with van der Waals surface area (Å²) in [7, 11) is 3.90. The quantitative estimate of drug-likeness (QED) is 0.697. The molecular formula is C11H24N2O. The molecule has 0 heterocycles. The van der Waals surface area contributed by atoms with Crippen molar-refractivity contribution in [3.63, 3.8) is 0 Å². The van der Waals surface area contributed by atoms with Crippen LogP contribution in [0.2, 0.25) is 0 Å². The van der Waals surface area contributed by atoms with Gasteiger partial charge in [0.05, 0.1) is 6.61 Å². The molecule has 0 amide bonds. The Labute approximate surface area is 87.6 Å². The van der Waals surface area contributed by atoms with E-state index in [2.05, 4.69) is 11.9 Å². The van der Waals surface area contributed by atoms with Crippen LogP contribution in [-0.2, 0) is 4.74 Å². The van der Waals surface area contributed by atoms with Crippen LogP contribution in [0.4, 0.5) is 0 Å². The van der Waals surface area contributed by atoms with Crippen molar-refractivity contribution < 1.29 is 4.74 Å². The van der Waals surface area contributed by atoms with Gasteiger partial charge >= 0.3 is 0 Å². The molecule has 0 radical (unpaired) electrons. The molecule has 2 N–H and O–H groups in total. The number of nitrogens with two attached hydrogens (primary N) is 1. The van der Waals surface area contributed by atoms with E-state index in [4.69, 9.17) is 10.5 Å². The number of ether oxygens (including phenoxy) is 1. The maximum absolute atomic E-state index is 6.02. The summed E-state index contributed by atoms with van der Waals surface area (Å²) in [5.41, 5.74) is 6.02. The molecule has 1 aliphatic carbocycles. The van der Waals surface area contributed by atoms with Crippen molar-refractivity contribution in [2.45, 2.75) is 31.7 Å². The molecule has 14 heavy (non-hydrogen) atoms. The Hall–Kier alpha value is -0.120. The minimum Gasteiger partial charge on any atom is -0.383 e. The second kappa shape index (κ2) is 6.38. The first-order valence-electron chi connectivity index (χ1n) is 5.67. The number of hydrogen-bond acceptors (Lipinski definition) is 3. The molecule has 0 aliphatic heterocycles. The summed E-state index contributed by atoms with van der Waals surface area (Å²) >= 11 is 0. The standard InChI is InChI=1S/C11H24N2O/c1-13(8-9-14-2)7-6-10-4-3-5-11(10)12/h10-11H,3-9,12H2,1-2H3. The summed E-state index contributed by atoms with van der Waals surface area (Å²) in [6.45, 7) is 3.01. The second-order valence-electron chi connectivity index (χ2n) is 4.44. The van der Waals surface area contributed by atoms with Crippen LogP contribution < -0.4 is 5.73 Å². The highest BCUT2D eigenvalue weighted by molar-refractivity contribution is 4.80. The molecule has 0 saturated heterocycles. The predicted octanol–water partition coefficient (Wildman–Crippen LogP) is 1.08. The van der Waals surface area contributed by atoms with Crippen molar-refractivity contribution in [1.82, 2.24) is 4.90 Å². The summed E-state index contributed by atoms with van der Waals surface area (Å²) in [5, 5.41) is 0. The van der Waals surface area contributed by atoms with Crippen LogP contribution >= 0.6 is 0 Å². The summed E-state index contributed by atoms with van der Waals surface area (Å²) in [6, 6.07) is 0.464. The highest BCUT2D eigenvalue weighted by Crippen LogP contribution is 2.26. The third-order valence-electron chi connectivity index (χ3n) is 3.28. The van der Waals surface area contributed by atoms with Gasteiger partial charge in [0.1, 0.15) is 0 Å². The molecule has 2 atom stereocenters. The number of methoxy groups -OCH3 is 1. The first-order valence-corrected chi connectivity index (χ1v) is 5.67. The Morgan fingerprint density at radius 2 is 2.14 bits per heavy atom. The van der Waals surface area contributed by atoms with E-state index in [1.807, 2.05) is 0 Å².